The number of pyridine rings is 1. The van der Waals surface area contributed by atoms with Gasteiger partial charge in [-0.2, -0.15) is 5.10 Å². The third-order valence-corrected chi connectivity index (χ3v) is 2.52. The van der Waals surface area contributed by atoms with Crippen molar-refractivity contribution in [2.24, 2.45) is 7.05 Å². The number of hydrogen-bond donors (Lipinski definition) is 2. The molecule has 0 saturated carbocycles. The SMILES string of the molecule is Cn1ccc(CCNc2cnccc2C(=O)O)n1. The summed E-state index contributed by atoms with van der Waals surface area (Å²) in [6.45, 7) is 0.614. The van der Waals surface area contributed by atoms with E-state index in [9.17, 15) is 4.79 Å². The molecule has 0 aliphatic carbocycles. The summed E-state index contributed by atoms with van der Waals surface area (Å²) >= 11 is 0. The zero-order chi connectivity index (χ0) is 13.0. The number of carboxylic acids is 1. The first-order valence-electron chi connectivity index (χ1n) is 5.56. The van der Waals surface area contributed by atoms with Gasteiger partial charge in [0, 0.05) is 32.4 Å². The Kier molecular flexibility index (Phi) is 3.57. The van der Waals surface area contributed by atoms with Gasteiger partial charge >= 0.3 is 5.97 Å². The predicted octanol–water partition coefficient (Wildman–Crippen LogP) is 1.17. The van der Waals surface area contributed by atoms with Gasteiger partial charge in [-0.05, 0) is 12.1 Å². The number of rotatable bonds is 5. The lowest BCUT2D eigenvalue weighted by molar-refractivity contribution is 0.0698. The molecule has 0 aromatic carbocycles. The van der Waals surface area contributed by atoms with E-state index in [0.29, 0.717) is 12.2 Å². The molecule has 0 aliphatic rings. The Hall–Kier alpha value is -2.37. The van der Waals surface area contributed by atoms with Gasteiger partial charge in [-0.25, -0.2) is 4.79 Å². The van der Waals surface area contributed by atoms with Crippen LogP contribution in [0.3, 0.4) is 0 Å². The molecule has 2 heterocycles. The Morgan fingerprint density at radius 1 is 1.50 bits per heavy atom. The molecule has 0 radical (unpaired) electrons. The molecular formula is C12H14N4O2. The third kappa shape index (κ3) is 2.85. The van der Waals surface area contributed by atoms with Crippen molar-refractivity contribution in [3.05, 3.63) is 42.0 Å². The largest absolute Gasteiger partial charge is 0.478 e. The first-order valence-corrected chi connectivity index (χ1v) is 5.56. The molecule has 94 valence electrons. The average Bonchev–Trinajstić information content (AvgIpc) is 2.75. The van der Waals surface area contributed by atoms with Gasteiger partial charge in [-0.3, -0.25) is 9.67 Å². The second kappa shape index (κ2) is 5.31. The van der Waals surface area contributed by atoms with Gasteiger partial charge in [0.15, 0.2) is 0 Å². The number of aryl methyl sites for hydroxylation is 1. The van der Waals surface area contributed by atoms with E-state index in [4.69, 9.17) is 5.11 Å². The molecule has 0 saturated heterocycles. The molecule has 2 N–H and O–H groups in total. The molecule has 2 aromatic rings. The molecule has 18 heavy (non-hydrogen) atoms. The van der Waals surface area contributed by atoms with Crippen molar-refractivity contribution in [2.75, 3.05) is 11.9 Å². The van der Waals surface area contributed by atoms with E-state index in [0.717, 1.165) is 12.1 Å². The van der Waals surface area contributed by atoms with Gasteiger partial charge < -0.3 is 10.4 Å². The van der Waals surface area contributed by atoms with Gasteiger partial charge in [0.05, 0.1) is 23.1 Å². The maximum absolute atomic E-state index is 11.0. The highest BCUT2D eigenvalue weighted by molar-refractivity contribution is 5.93. The maximum Gasteiger partial charge on any atom is 0.337 e. The molecule has 6 heteroatoms. The van der Waals surface area contributed by atoms with Crippen molar-refractivity contribution in [2.45, 2.75) is 6.42 Å². The van der Waals surface area contributed by atoms with Crippen LogP contribution in [0.1, 0.15) is 16.1 Å². The number of carbonyl (C=O) groups is 1. The third-order valence-electron chi connectivity index (χ3n) is 2.52. The first kappa shape index (κ1) is 12.1. The average molecular weight is 246 g/mol. The smallest absolute Gasteiger partial charge is 0.337 e. The Morgan fingerprint density at radius 2 is 2.33 bits per heavy atom. The van der Waals surface area contributed by atoms with E-state index >= 15 is 0 Å². The van der Waals surface area contributed by atoms with Gasteiger partial charge in [-0.1, -0.05) is 0 Å². The normalized spacial score (nSPS) is 10.3. The number of hydrogen-bond acceptors (Lipinski definition) is 4. The van der Waals surface area contributed by atoms with E-state index in [1.54, 1.807) is 4.68 Å². The van der Waals surface area contributed by atoms with Gasteiger partial charge in [0.1, 0.15) is 0 Å². The number of nitrogens with one attached hydrogen (secondary N) is 1. The van der Waals surface area contributed by atoms with Crippen LogP contribution in [0.5, 0.6) is 0 Å². The Morgan fingerprint density at radius 3 is 3.00 bits per heavy atom. The summed E-state index contributed by atoms with van der Waals surface area (Å²) in [5, 5.41) is 16.3. The number of aromatic nitrogens is 3. The molecule has 0 atom stereocenters. The summed E-state index contributed by atoms with van der Waals surface area (Å²) in [7, 11) is 1.86. The molecule has 0 spiro atoms. The molecule has 0 aliphatic heterocycles. The minimum Gasteiger partial charge on any atom is -0.478 e. The molecule has 6 nitrogen and oxygen atoms in total. The number of carboxylic acid groups (broad SMARTS) is 1. The molecule has 0 amide bonds. The lowest BCUT2D eigenvalue weighted by Gasteiger charge is -2.07. The van der Waals surface area contributed by atoms with E-state index in [1.165, 1.54) is 18.5 Å². The van der Waals surface area contributed by atoms with Gasteiger partial charge in [0.25, 0.3) is 0 Å². The lowest BCUT2D eigenvalue weighted by Crippen LogP contribution is -2.10. The molecular weight excluding hydrogens is 232 g/mol. The highest BCUT2D eigenvalue weighted by Gasteiger charge is 2.08. The van der Waals surface area contributed by atoms with Crippen molar-refractivity contribution in [3.8, 4) is 0 Å². The topological polar surface area (TPSA) is 80.0 Å². The molecule has 0 fully saturated rings. The molecule has 0 bridgehead atoms. The fourth-order valence-electron chi connectivity index (χ4n) is 1.64. The first-order chi connectivity index (χ1) is 8.66. The second-order valence-electron chi connectivity index (χ2n) is 3.88. The standard InChI is InChI=1S/C12H14N4O2/c1-16-7-4-9(15-16)2-6-14-11-8-13-5-3-10(11)12(17)18/h3-5,7-8,14H,2,6H2,1H3,(H,17,18). The van der Waals surface area contributed by atoms with E-state index < -0.39 is 5.97 Å². The number of aromatic carboxylic acids is 1. The van der Waals surface area contributed by atoms with Crippen LogP contribution >= 0.6 is 0 Å². The summed E-state index contributed by atoms with van der Waals surface area (Å²) < 4.78 is 1.74. The molecule has 0 unspecified atom stereocenters. The number of anilines is 1. The zero-order valence-corrected chi connectivity index (χ0v) is 10.00. The van der Waals surface area contributed by atoms with Crippen molar-refractivity contribution in [3.63, 3.8) is 0 Å². The van der Waals surface area contributed by atoms with Crippen molar-refractivity contribution >= 4 is 11.7 Å². The van der Waals surface area contributed by atoms with Crippen LogP contribution in [0.15, 0.2) is 30.7 Å². The maximum atomic E-state index is 11.0. The van der Waals surface area contributed by atoms with Gasteiger partial charge in [-0.15, -0.1) is 0 Å². The van der Waals surface area contributed by atoms with E-state index in [1.807, 2.05) is 19.3 Å². The van der Waals surface area contributed by atoms with Crippen molar-refractivity contribution in [1.82, 2.24) is 14.8 Å². The van der Waals surface area contributed by atoms with Crippen LogP contribution in [-0.2, 0) is 13.5 Å². The summed E-state index contributed by atoms with van der Waals surface area (Å²) in [4.78, 5) is 14.9. The fourth-order valence-corrected chi connectivity index (χ4v) is 1.64. The predicted molar refractivity (Wildman–Crippen MR) is 66.6 cm³/mol. The second-order valence-corrected chi connectivity index (χ2v) is 3.88. The Labute approximate surface area is 104 Å². The molecule has 2 aromatic heterocycles. The summed E-state index contributed by atoms with van der Waals surface area (Å²) in [6.07, 6.45) is 5.59. The summed E-state index contributed by atoms with van der Waals surface area (Å²) in [5.41, 5.74) is 1.72. The van der Waals surface area contributed by atoms with Crippen molar-refractivity contribution in [1.29, 1.82) is 0 Å². The van der Waals surface area contributed by atoms with Gasteiger partial charge in [0.2, 0.25) is 0 Å². The summed E-state index contributed by atoms with van der Waals surface area (Å²) in [5.74, 6) is -0.960. The monoisotopic (exact) mass is 246 g/mol. The quantitative estimate of drug-likeness (QED) is 0.827. The highest BCUT2D eigenvalue weighted by atomic mass is 16.4. The van der Waals surface area contributed by atoms with E-state index in [-0.39, 0.29) is 5.56 Å². The molecule has 2 rings (SSSR count). The van der Waals surface area contributed by atoms with Crippen molar-refractivity contribution < 1.29 is 9.90 Å². The van der Waals surface area contributed by atoms with Crippen LogP contribution < -0.4 is 5.32 Å². The van der Waals surface area contributed by atoms with Crippen LogP contribution in [0.2, 0.25) is 0 Å². The number of nitrogens with zero attached hydrogens (tertiary/aromatic N) is 3. The van der Waals surface area contributed by atoms with Crippen LogP contribution in [0.25, 0.3) is 0 Å². The summed E-state index contributed by atoms with van der Waals surface area (Å²) in [6, 6.07) is 3.41. The fraction of sp³-hybridized carbons (Fsp3) is 0.250. The van der Waals surface area contributed by atoms with E-state index in [2.05, 4.69) is 15.4 Å². The minimum absolute atomic E-state index is 0.228. The highest BCUT2D eigenvalue weighted by Crippen LogP contribution is 2.13. The Balaban J connectivity index is 1.96. The lowest BCUT2D eigenvalue weighted by atomic mass is 10.2. The van der Waals surface area contributed by atoms with Crippen LogP contribution in [0, 0.1) is 0 Å². The van der Waals surface area contributed by atoms with Crippen LogP contribution in [-0.4, -0.2) is 32.4 Å². The zero-order valence-electron chi connectivity index (χ0n) is 10.00. The Bertz CT molecular complexity index is 551. The minimum atomic E-state index is -0.960. The van der Waals surface area contributed by atoms with Crippen LogP contribution in [0.4, 0.5) is 5.69 Å².